The number of aryl methyl sites for hydroxylation is 1. The molecule has 6 nitrogen and oxygen atoms in total. The van der Waals surface area contributed by atoms with E-state index in [4.69, 9.17) is 4.74 Å². The quantitative estimate of drug-likeness (QED) is 0.374. The molecule has 1 aliphatic rings. The minimum absolute atomic E-state index is 0.232. The first kappa shape index (κ1) is 23.8. The Morgan fingerprint density at radius 2 is 1.85 bits per heavy atom. The first-order chi connectivity index (χ1) is 16.4. The predicted molar refractivity (Wildman–Crippen MR) is 137 cm³/mol. The SMILES string of the molecule is Cc1cccc(NC(=O)CN2C(=O)S/C(=C\c3cc(Br)ccc3OCc3ccccc3)C2=O)c1. The molecule has 34 heavy (non-hydrogen) atoms. The van der Waals surface area contributed by atoms with Crippen LogP contribution in [-0.4, -0.2) is 28.5 Å². The lowest BCUT2D eigenvalue weighted by Gasteiger charge is -2.13. The summed E-state index contributed by atoms with van der Waals surface area (Å²) in [6, 6.07) is 22.5. The van der Waals surface area contributed by atoms with E-state index < -0.39 is 17.1 Å². The van der Waals surface area contributed by atoms with E-state index >= 15 is 0 Å². The summed E-state index contributed by atoms with van der Waals surface area (Å²) in [6.45, 7) is 1.92. The number of imide groups is 1. The smallest absolute Gasteiger partial charge is 0.294 e. The Labute approximate surface area is 210 Å². The maximum atomic E-state index is 12.9. The maximum Gasteiger partial charge on any atom is 0.294 e. The second-order valence-corrected chi connectivity index (χ2v) is 9.55. The summed E-state index contributed by atoms with van der Waals surface area (Å²) in [5.74, 6) is -0.372. The fourth-order valence-electron chi connectivity index (χ4n) is 3.34. The Kier molecular flexibility index (Phi) is 7.49. The first-order valence-electron chi connectivity index (χ1n) is 10.5. The molecule has 3 aromatic rings. The molecule has 1 N–H and O–H groups in total. The van der Waals surface area contributed by atoms with Gasteiger partial charge in [-0.25, -0.2) is 0 Å². The fraction of sp³-hybridized carbons (Fsp3) is 0.115. The van der Waals surface area contributed by atoms with Gasteiger partial charge < -0.3 is 10.1 Å². The molecule has 0 radical (unpaired) electrons. The number of rotatable bonds is 7. The van der Waals surface area contributed by atoms with Gasteiger partial charge in [0.05, 0.1) is 4.91 Å². The normalized spacial score (nSPS) is 14.5. The van der Waals surface area contributed by atoms with E-state index in [0.717, 1.165) is 32.3 Å². The van der Waals surface area contributed by atoms with Crippen molar-refractivity contribution >= 4 is 56.5 Å². The van der Waals surface area contributed by atoms with Crippen molar-refractivity contribution in [2.75, 3.05) is 11.9 Å². The average Bonchev–Trinajstić information content (AvgIpc) is 3.06. The highest BCUT2D eigenvalue weighted by molar-refractivity contribution is 9.10. The molecule has 0 spiro atoms. The summed E-state index contributed by atoms with van der Waals surface area (Å²) in [5, 5.41) is 2.24. The monoisotopic (exact) mass is 536 g/mol. The lowest BCUT2D eigenvalue weighted by Crippen LogP contribution is -2.36. The third-order valence-electron chi connectivity index (χ3n) is 4.97. The van der Waals surface area contributed by atoms with Gasteiger partial charge in [0.15, 0.2) is 0 Å². The van der Waals surface area contributed by atoms with Gasteiger partial charge in [0.25, 0.3) is 11.1 Å². The summed E-state index contributed by atoms with van der Waals surface area (Å²) < 4.78 is 6.78. The van der Waals surface area contributed by atoms with Gasteiger partial charge in [-0.15, -0.1) is 0 Å². The predicted octanol–water partition coefficient (Wildman–Crippen LogP) is 6.01. The van der Waals surface area contributed by atoms with Crippen molar-refractivity contribution in [2.45, 2.75) is 13.5 Å². The number of thioether (sulfide) groups is 1. The van der Waals surface area contributed by atoms with Gasteiger partial charge >= 0.3 is 0 Å². The van der Waals surface area contributed by atoms with Crippen LogP contribution in [0.4, 0.5) is 10.5 Å². The van der Waals surface area contributed by atoms with Gasteiger partial charge in [0.1, 0.15) is 18.9 Å². The lowest BCUT2D eigenvalue weighted by atomic mass is 10.1. The summed E-state index contributed by atoms with van der Waals surface area (Å²) in [5.41, 5.74) is 3.27. The number of carbonyl (C=O) groups is 3. The van der Waals surface area contributed by atoms with E-state index in [1.54, 1.807) is 18.2 Å². The molecule has 1 aliphatic heterocycles. The highest BCUT2D eigenvalue weighted by atomic mass is 79.9. The molecule has 172 valence electrons. The highest BCUT2D eigenvalue weighted by Gasteiger charge is 2.36. The minimum Gasteiger partial charge on any atom is -0.488 e. The molecule has 1 heterocycles. The summed E-state index contributed by atoms with van der Waals surface area (Å²) in [4.78, 5) is 39.0. The molecule has 0 saturated carbocycles. The summed E-state index contributed by atoms with van der Waals surface area (Å²) in [7, 11) is 0. The van der Waals surface area contributed by atoms with E-state index in [1.165, 1.54) is 0 Å². The van der Waals surface area contributed by atoms with Crippen LogP contribution >= 0.6 is 27.7 Å². The Bertz CT molecular complexity index is 1280. The van der Waals surface area contributed by atoms with Crippen LogP contribution in [0, 0.1) is 6.92 Å². The number of ether oxygens (including phenoxy) is 1. The van der Waals surface area contributed by atoms with E-state index in [0.29, 0.717) is 23.6 Å². The molecule has 0 aliphatic carbocycles. The van der Waals surface area contributed by atoms with Crippen molar-refractivity contribution < 1.29 is 19.1 Å². The zero-order valence-corrected chi connectivity index (χ0v) is 20.7. The average molecular weight is 537 g/mol. The fourth-order valence-corrected chi connectivity index (χ4v) is 4.55. The molecular formula is C26H21BrN2O4S. The molecule has 3 amide bonds. The third kappa shape index (κ3) is 5.95. The van der Waals surface area contributed by atoms with Gasteiger partial charge in [-0.05, 0) is 66.2 Å². The Morgan fingerprint density at radius 1 is 1.06 bits per heavy atom. The second-order valence-electron chi connectivity index (χ2n) is 7.64. The summed E-state index contributed by atoms with van der Waals surface area (Å²) in [6.07, 6.45) is 1.62. The number of benzene rings is 3. The Balaban J connectivity index is 1.48. The standard InChI is InChI=1S/C26H21BrN2O4S/c1-17-6-5-9-21(12-17)28-24(30)15-29-25(31)23(34-26(29)32)14-19-13-20(27)10-11-22(19)33-16-18-7-3-2-4-8-18/h2-14H,15-16H2,1H3,(H,28,30)/b23-14-. The molecular weight excluding hydrogens is 516 g/mol. The molecule has 4 rings (SSSR count). The number of carbonyl (C=O) groups excluding carboxylic acids is 3. The van der Waals surface area contributed by atoms with Crippen LogP contribution in [0.25, 0.3) is 6.08 Å². The number of hydrogen-bond donors (Lipinski definition) is 1. The van der Waals surface area contributed by atoms with Crippen LogP contribution in [0.5, 0.6) is 5.75 Å². The number of nitrogens with one attached hydrogen (secondary N) is 1. The van der Waals surface area contributed by atoms with Crippen LogP contribution in [0.2, 0.25) is 0 Å². The van der Waals surface area contributed by atoms with Gasteiger partial charge in [-0.2, -0.15) is 0 Å². The second kappa shape index (κ2) is 10.7. The van der Waals surface area contributed by atoms with Gasteiger partial charge in [0, 0.05) is 15.7 Å². The summed E-state index contributed by atoms with van der Waals surface area (Å²) >= 11 is 4.25. The number of hydrogen-bond acceptors (Lipinski definition) is 5. The largest absolute Gasteiger partial charge is 0.488 e. The van der Waals surface area contributed by atoms with E-state index in [9.17, 15) is 14.4 Å². The molecule has 3 aromatic carbocycles. The third-order valence-corrected chi connectivity index (χ3v) is 6.37. The lowest BCUT2D eigenvalue weighted by molar-refractivity contribution is -0.127. The Hall–Kier alpha value is -3.36. The number of nitrogens with zero attached hydrogens (tertiary/aromatic N) is 1. The minimum atomic E-state index is -0.511. The van der Waals surface area contributed by atoms with Crippen molar-refractivity contribution in [3.8, 4) is 5.75 Å². The van der Waals surface area contributed by atoms with Crippen molar-refractivity contribution in [3.63, 3.8) is 0 Å². The van der Waals surface area contributed by atoms with Crippen LogP contribution in [-0.2, 0) is 16.2 Å². The number of anilines is 1. The highest BCUT2D eigenvalue weighted by Crippen LogP contribution is 2.35. The zero-order valence-electron chi connectivity index (χ0n) is 18.3. The molecule has 0 bridgehead atoms. The molecule has 1 fully saturated rings. The number of amides is 3. The zero-order chi connectivity index (χ0) is 24.1. The Morgan fingerprint density at radius 3 is 2.62 bits per heavy atom. The van der Waals surface area contributed by atoms with E-state index in [-0.39, 0.29) is 11.4 Å². The van der Waals surface area contributed by atoms with Crippen LogP contribution in [0.1, 0.15) is 16.7 Å². The number of halogens is 1. The molecule has 0 atom stereocenters. The topological polar surface area (TPSA) is 75.7 Å². The van der Waals surface area contributed by atoms with E-state index in [2.05, 4.69) is 21.2 Å². The van der Waals surface area contributed by atoms with Crippen LogP contribution < -0.4 is 10.1 Å². The van der Waals surface area contributed by atoms with Crippen molar-refractivity contribution in [2.24, 2.45) is 0 Å². The molecule has 0 unspecified atom stereocenters. The molecule has 8 heteroatoms. The van der Waals surface area contributed by atoms with E-state index in [1.807, 2.05) is 67.6 Å². The van der Waals surface area contributed by atoms with Crippen molar-refractivity contribution in [1.82, 2.24) is 4.90 Å². The van der Waals surface area contributed by atoms with Crippen LogP contribution in [0.3, 0.4) is 0 Å². The van der Waals surface area contributed by atoms with Gasteiger partial charge in [-0.1, -0.05) is 58.4 Å². The van der Waals surface area contributed by atoms with Gasteiger partial charge in [-0.3, -0.25) is 19.3 Å². The first-order valence-corrected chi connectivity index (χ1v) is 12.1. The van der Waals surface area contributed by atoms with Gasteiger partial charge in [0.2, 0.25) is 5.91 Å². The molecule has 0 aromatic heterocycles. The molecule has 1 saturated heterocycles. The maximum absolute atomic E-state index is 12.9. The van der Waals surface area contributed by atoms with Crippen molar-refractivity contribution in [1.29, 1.82) is 0 Å². The van der Waals surface area contributed by atoms with Crippen molar-refractivity contribution in [3.05, 3.63) is 98.9 Å². The van der Waals surface area contributed by atoms with Crippen LogP contribution in [0.15, 0.2) is 82.2 Å².